The molecule has 31 heavy (non-hydrogen) atoms. The van der Waals surface area contributed by atoms with Gasteiger partial charge in [-0.25, -0.2) is 14.4 Å². The van der Waals surface area contributed by atoms with E-state index in [1.54, 1.807) is 11.9 Å². The van der Waals surface area contributed by atoms with Crippen LogP contribution in [0.5, 0.6) is 0 Å². The number of carboxylic acid groups (broad SMARTS) is 1. The van der Waals surface area contributed by atoms with E-state index >= 15 is 0 Å². The summed E-state index contributed by atoms with van der Waals surface area (Å²) in [5, 5.41) is 11.2. The largest absolute Gasteiger partial charge is 0.481 e. The number of amides is 1. The molecule has 1 amide bonds. The van der Waals surface area contributed by atoms with Crippen LogP contribution in [-0.4, -0.2) is 50.5 Å². The number of aromatic nitrogens is 4. The Bertz CT molecular complexity index is 1140. The summed E-state index contributed by atoms with van der Waals surface area (Å²) >= 11 is 0. The second kappa shape index (κ2) is 9.15. The lowest BCUT2D eigenvalue weighted by Crippen LogP contribution is -2.25. The van der Waals surface area contributed by atoms with E-state index in [0.717, 1.165) is 6.07 Å². The molecule has 3 rings (SSSR count). The predicted molar refractivity (Wildman–Crippen MR) is 112 cm³/mol. The maximum atomic E-state index is 14.6. The van der Waals surface area contributed by atoms with E-state index in [9.17, 15) is 14.0 Å². The van der Waals surface area contributed by atoms with Crippen LogP contribution in [0, 0.1) is 5.82 Å². The Morgan fingerprint density at radius 1 is 1.23 bits per heavy atom. The Morgan fingerprint density at radius 3 is 2.71 bits per heavy atom. The second-order valence-electron chi connectivity index (χ2n) is 6.78. The quantitative estimate of drug-likeness (QED) is 0.378. The normalized spacial score (nSPS) is 10.8. The van der Waals surface area contributed by atoms with Gasteiger partial charge in [0.1, 0.15) is 5.82 Å². The maximum Gasteiger partial charge on any atom is 0.303 e. The lowest BCUT2D eigenvalue weighted by atomic mass is 10.1. The van der Waals surface area contributed by atoms with Crippen molar-refractivity contribution >= 4 is 40.5 Å². The Kier molecular flexibility index (Phi) is 6.38. The molecule has 0 fully saturated rings. The molecular formula is C19H21FN8O3. The van der Waals surface area contributed by atoms with Gasteiger partial charge in [-0.05, 0) is 24.6 Å². The van der Waals surface area contributed by atoms with Crippen LogP contribution in [0.4, 0.5) is 21.8 Å². The molecule has 3 aromatic rings. The minimum atomic E-state index is -0.942. The molecule has 12 heteroatoms. The smallest absolute Gasteiger partial charge is 0.303 e. The van der Waals surface area contributed by atoms with Crippen molar-refractivity contribution < 1.29 is 19.1 Å². The molecule has 0 aliphatic rings. The first-order valence-electron chi connectivity index (χ1n) is 9.30. The number of carbonyl (C=O) groups excluding carboxylic acids is 1. The fraction of sp³-hybridized carbons (Fsp3) is 0.263. The summed E-state index contributed by atoms with van der Waals surface area (Å²) < 4.78 is 14.6. The van der Waals surface area contributed by atoms with E-state index < -0.39 is 17.7 Å². The summed E-state index contributed by atoms with van der Waals surface area (Å²) in [6, 6.07) is 4.09. The number of fused-ring (bicyclic) bond motifs is 1. The highest BCUT2D eigenvalue weighted by molar-refractivity contribution is 5.94. The van der Waals surface area contributed by atoms with Gasteiger partial charge < -0.3 is 26.8 Å². The highest BCUT2D eigenvalue weighted by Crippen LogP contribution is 2.22. The minimum Gasteiger partial charge on any atom is -0.481 e. The molecule has 0 bridgehead atoms. The number of nitrogens with two attached hydrogens (primary N) is 2. The Labute approximate surface area is 176 Å². The number of aliphatic carboxylic acids is 1. The van der Waals surface area contributed by atoms with Crippen LogP contribution in [0.25, 0.3) is 11.2 Å². The predicted octanol–water partition coefficient (Wildman–Crippen LogP) is 0.954. The van der Waals surface area contributed by atoms with Gasteiger partial charge in [-0.2, -0.15) is 9.97 Å². The zero-order valence-corrected chi connectivity index (χ0v) is 16.7. The van der Waals surface area contributed by atoms with E-state index in [1.807, 2.05) is 0 Å². The molecule has 0 saturated heterocycles. The Balaban J connectivity index is 1.69. The molecule has 0 aliphatic heterocycles. The van der Waals surface area contributed by atoms with Crippen LogP contribution in [0.3, 0.4) is 0 Å². The van der Waals surface area contributed by atoms with Gasteiger partial charge in [0.2, 0.25) is 5.95 Å². The molecule has 0 spiro atoms. The van der Waals surface area contributed by atoms with E-state index in [0.29, 0.717) is 17.6 Å². The molecule has 1 aromatic carbocycles. The maximum absolute atomic E-state index is 14.6. The van der Waals surface area contributed by atoms with Crippen molar-refractivity contribution in [2.45, 2.75) is 19.4 Å². The Hall–Kier alpha value is -4.09. The first-order chi connectivity index (χ1) is 14.7. The van der Waals surface area contributed by atoms with Crippen LogP contribution in [0.1, 0.15) is 28.9 Å². The summed E-state index contributed by atoms with van der Waals surface area (Å²) in [6.45, 7) is 0.401. The molecule has 0 radical (unpaired) electrons. The van der Waals surface area contributed by atoms with Gasteiger partial charge in [0, 0.05) is 25.6 Å². The van der Waals surface area contributed by atoms with Gasteiger partial charge >= 0.3 is 5.97 Å². The number of benzene rings is 1. The lowest BCUT2D eigenvalue weighted by Gasteiger charge is -2.20. The van der Waals surface area contributed by atoms with Crippen LogP contribution in [0.2, 0.25) is 0 Å². The minimum absolute atomic E-state index is 0.00255. The third-order valence-electron chi connectivity index (χ3n) is 4.37. The third kappa shape index (κ3) is 5.29. The summed E-state index contributed by atoms with van der Waals surface area (Å²) in [4.78, 5) is 40.6. The standard InChI is InChI=1S/C19H21FN8O3/c1-28(9-11-8-24-17-15(25-11)16(21)26-19(22)27-17)13-5-4-10(7-12(13)20)18(31)23-6-2-3-14(29)30/h4-5,7-8H,2-3,6,9H2,1H3,(H,23,31)(H,29,30)(H4,21,22,24,26,27). The average molecular weight is 428 g/mol. The van der Waals surface area contributed by atoms with E-state index in [1.165, 1.54) is 18.3 Å². The average Bonchev–Trinajstić information content (AvgIpc) is 2.71. The van der Waals surface area contributed by atoms with Gasteiger partial charge in [-0.3, -0.25) is 9.59 Å². The molecular weight excluding hydrogens is 407 g/mol. The molecule has 0 saturated carbocycles. The number of halogens is 1. The van der Waals surface area contributed by atoms with Gasteiger partial charge in [0.25, 0.3) is 5.91 Å². The summed E-state index contributed by atoms with van der Waals surface area (Å²) in [5.41, 5.74) is 12.8. The van der Waals surface area contributed by atoms with Crippen LogP contribution in [-0.2, 0) is 11.3 Å². The number of hydrogen-bond donors (Lipinski definition) is 4. The zero-order valence-electron chi connectivity index (χ0n) is 16.7. The number of nitrogens with one attached hydrogen (secondary N) is 1. The summed E-state index contributed by atoms with van der Waals surface area (Å²) in [6.07, 6.45) is 1.72. The fourth-order valence-electron chi connectivity index (χ4n) is 2.89. The zero-order chi connectivity index (χ0) is 22.5. The number of carbonyl (C=O) groups is 2. The van der Waals surface area contributed by atoms with Gasteiger partial charge in [0.05, 0.1) is 24.1 Å². The molecule has 0 atom stereocenters. The second-order valence-corrected chi connectivity index (χ2v) is 6.78. The van der Waals surface area contributed by atoms with Crippen molar-refractivity contribution in [1.82, 2.24) is 25.3 Å². The number of nitrogen functional groups attached to an aromatic ring is 2. The first kappa shape index (κ1) is 21.6. The van der Waals surface area contributed by atoms with Crippen LogP contribution < -0.4 is 21.7 Å². The fourth-order valence-corrected chi connectivity index (χ4v) is 2.89. The summed E-state index contributed by atoms with van der Waals surface area (Å²) in [7, 11) is 1.67. The van der Waals surface area contributed by atoms with Crippen molar-refractivity contribution in [2.75, 3.05) is 30.0 Å². The number of rotatable bonds is 8. The molecule has 6 N–H and O–H groups in total. The topological polar surface area (TPSA) is 173 Å². The van der Waals surface area contributed by atoms with Gasteiger partial charge in [0.15, 0.2) is 17.0 Å². The molecule has 162 valence electrons. The van der Waals surface area contributed by atoms with E-state index in [-0.39, 0.29) is 48.2 Å². The number of carboxylic acids is 1. The molecule has 2 aromatic heterocycles. The molecule has 2 heterocycles. The first-order valence-corrected chi connectivity index (χ1v) is 9.30. The molecule has 0 aliphatic carbocycles. The molecule has 0 unspecified atom stereocenters. The Morgan fingerprint density at radius 2 is 2.00 bits per heavy atom. The van der Waals surface area contributed by atoms with Crippen LogP contribution >= 0.6 is 0 Å². The van der Waals surface area contributed by atoms with E-state index in [4.69, 9.17) is 16.6 Å². The van der Waals surface area contributed by atoms with Crippen molar-refractivity contribution in [3.05, 3.63) is 41.5 Å². The number of anilines is 3. The highest BCUT2D eigenvalue weighted by Gasteiger charge is 2.14. The number of hydrogen-bond acceptors (Lipinski definition) is 9. The molecule has 11 nitrogen and oxygen atoms in total. The van der Waals surface area contributed by atoms with E-state index in [2.05, 4.69) is 25.3 Å². The third-order valence-corrected chi connectivity index (χ3v) is 4.37. The lowest BCUT2D eigenvalue weighted by molar-refractivity contribution is -0.137. The van der Waals surface area contributed by atoms with Crippen molar-refractivity contribution in [1.29, 1.82) is 0 Å². The van der Waals surface area contributed by atoms with Crippen LogP contribution in [0.15, 0.2) is 24.4 Å². The van der Waals surface area contributed by atoms with Crippen molar-refractivity contribution in [3.63, 3.8) is 0 Å². The van der Waals surface area contributed by atoms with Gasteiger partial charge in [-0.15, -0.1) is 0 Å². The highest BCUT2D eigenvalue weighted by atomic mass is 19.1. The van der Waals surface area contributed by atoms with Gasteiger partial charge in [-0.1, -0.05) is 0 Å². The summed E-state index contributed by atoms with van der Waals surface area (Å²) in [5.74, 6) is -1.91. The van der Waals surface area contributed by atoms with Crippen molar-refractivity contribution in [3.8, 4) is 0 Å². The number of nitrogens with zero attached hydrogens (tertiary/aromatic N) is 5. The monoisotopic (exact) mass is 428 g/mol. The SMILES string of the molecule is CN(Cc1cnc2nc(N)nc(N)c2n1)c1ccc(C(=O)NCCCC(=O)O)cc1F. The van der Waals surface area contributed by atoms with Crippen molar-refractivity contribution in [2.24, 2.45) is 0 Å².